The van der Waals surface area contributed by atoms with Gasteiger partial charge in [-0.05, 0) is 81.5 Å². The lowest BCUT2D eigenvalue weighted by Crippen LogP contribution is -2.54. The number of nitrogens with one attached hydrogen (secondary N) is 3. The van der Waals surface area contributed by atoms with Crippen LogP contribution in [0.1, 0.15) is 40.4 Å². The maximum atomic E-state index is 12.7. The summed E-state index contributed by atoms with van der Waals surface area (Å²) in [4.78, 5) is 37.8. The van der Waals surface area contributed by atoms with Crippen LogP contribution >= 0.6 is 23.4 Å². The minimum Gasteiger partial charge on any atom is -0.480 e. The fourth-order valence-electron chi connectivity index (χ4n) is 3.16. The largest absolute Gasteiger partial charge is 0.480 e. The Kier molecular flexibility index (Phi) is 10.1. The molecule has 0 aliphatic heterocycles. The lowest BCUT2D eigenvalue weighted by atomic mass is 10.1. The van der Waals surface area contributed by atoms with E-state index in [1.807, 2.05) is 33.1 Å². The summed E-state index contributed by atoms with van der Waals surface area (Å²) in [6.45, 7) is 7.15. The molecule has 0 aromatic heterocycles. The molecule has 7 nitrogen and oxygen atoms in total. The Bertz CT molecular complexity index is 992. The van der Waals surface area contributed by atoms with Gasteiger partial charge in [-0.2, -0.15) is 11.8 Å². The molecular formula is C24H30ClN3O4S. The van der Waals surface area contributed by atoms with Crippen LogP contribution in [0.4, 0.5) is 0 Å². The first kappa shape index (κ1) is 26.5. The van der Waals surface area contributed by atoms with E-state index < -0.39 is 24.0 Å². The average Bonchev–Trinajstić information content (AvgIpc) is 2.76. The molecule has 0 radical (unpaired) electrons. The van der Waals surface area contributed by atoms with E-state index in [2.05, 4.69) is 16.2 Å². The lowest BCUT2D eigenvalue weighted by Gasteiger charge is -2.21. The molecule has 0 fully saturated rings. The monoisotopic (exact) mass is 491 g/mol. The highest BCUT2D eigenvalue weighted by Gasteiger charge is 2.23. The summed E-state index contributed by atoms with van der Waals surface area (Å²) < 4.78 is 5.79. The average molecular weight is 492 g/mol. The number of hydrazine groups is 1. The summed E-state index contributed by atoms with van der Waals surface area (Å²) >= 11 is 7.60. The third-order valence-electron chi connectivity index (χ3n) is 4.91. The summed E-state index contributed by atoms with van der Waals surface area (Å²) in [5.74, 6) is -0.155. The molecule has 0 heterocycles. The van der Waals surface area contributed by atoms with E-state index in [1.54, 1.807) is 49.0 Å². The molecule has 0 bridgehead atoms. The van der Waals surface area contributed by atoms with Gasteiger partial charge in [-0.15, -0.1) is 0 Å². The van der Waals surface area contributed by atoms with Gasteiger partial charge in [-0.1, -0.05) is 29.3 Å². The molecule has 2 aromatic rings. The first-order valence-electron chi connectivity index (χ1n) is 10.5. The van der Waals surface area contributed by atoms with Gasteiger partial charge in [0.15, 0.2) is 6.10 Å². The van der Waals surface area contributed by atoms with Crippen LogP contribution in [0, 0.1) is 20.8 Å². The van der Waals surface area contributed by atoms with Crippen molar-refractivity contribution in [2.75, 3.05) is 12.0 Å². The third kappa shape index (κ3) is 7.98. The molecule has 2 unspecified atom stereocenters. The number of rotatable bonds is 9. The molecule has 0 saturated heterocycles. The Balaban J connectivity index is 1.98. The fraction of sp³-hybridized carbons (Fsp3) is 0.375. The molecule has 0 spiro atoms. The molecule has 9 heteroatoms. The van der Waals surface area contributed by atoms with Crippen molar-refractivity contribution < 1.29 is 19.1 Å². The van der Waals surface area contributed by atoms with Crippen molar-refractivity contribution in [2.45, 2.75) is 46.3 Å². The number of halogens is 1. The van der Waals surface area contributed by atoms with E-state index in [1.165, 1.54) is 0 Å². The normalized spacial score (nSPS) is 12.4. The van der Waals surface area contributed by atoms with E-state index in [4.69, 9.17) is 16.3 Å². The minimum atomic E-state index is -0.865. The predicted octanol–water partition coefficient (Wildman–Crippen LogP) is 3.73. The van der Waals surface area contributed by atoms with Gasteiger partial charge in [-0.3, -0.25) is 25.2 Å². The molecular weight excluding hydrogens is 462 g/mol. The number of thioether (sulfide) groups is 1. The fourth-order valence-corrected chi connectivity index (χ4v) is 3.96. The molecule has 2 atom stereocenters. The van der Waals surface area contributed by atoms with Gasteiger partial charge in [0.05, 0.1) is 0 Å². The summed E-state index contributed by atoms with van der Waals surface area (Å²) in [5.41, 5.74) is 7.81. The standard InChI is InChI=1S/C24H30ClN3O4S/c1-14-7-6-8-18(11-14)23(30)26-20(9-10-33-5)24(31)28-27-22(29)17(4)32-21-15(2)12-19(25)13-16(21)3/h6-8,11-13,17,20H,9-10H2,1-5H3,(H,26,30)(H,27,29)(H,28,31). The van der Waals surface area contributed by atoms with Crippen LogP contribution in [0.15, 0.2) is 36.4 Å². The van der Waals surface area contributed by atoms with Crippen molar-refractivity contribution in [1.29, 1.82) is 0 Å². The highest BCUT2D eigenvalue weighted by atomic mass is 35.5. The number of carbonyl (C=O) groups excluding carboxylic acids is 3. The molecule has 178 valence electrons. The highest BCUT2D eigenvalue weighted by Crippen LogP contribution is 2.27. The Morgan fingerprint density at radius 3 is 2.27 bits per heavy atom. The van der Waals surface area contributed by atoms with Gasteiger partial charge in [-0.25, -0.2) is 0 Å². The van der Waals surface area contributed by atoms with E-state index in [0.29, 0.717) is 28.5 Å². The molecule has 0 aliphatic rings. The zero-order chi connectivity index (χ0) is 24.5. The molecule has 2 rings (SSSR count). The second-order valence-corrected chi connectivity index (χ2v) is 9.21. The molecule has 2 aromatic carbocycles. The lowest BCUT2D eigenvalue weighted by molar-refractivity contribution is -0.133. The number of hydrogen-bond donors (Lipinski definition) is 3. The highest BCUT2D eigenvalue weighted by molar-refractivity contribution is 7.98. The second kappa shape index (κ2) is 12.5. The topological polar surface area (TPSA) is 96.5 Å². The zero-order valence-corrected chi connectivity index (χ0v) is 21.0. The number of amides is 3. The minimum absolute atomic E-state index is 0.350. The summed E-state index contributed by atoms with van der Waals surface area (Å²) in [6.07, 6.45) is 1.46. The van der Waals surface area contributed by atoms with E-state index in [0.717, 1.165) is 16.7 Å². The maximum Gasteiger partial charge on any atom is 0.279 e. The van der Waals surface area contributed by atoms with Crippen molar-refractivity contribution in [3.05, 3.63) is 63.7 Å². The van der Waals surface area contributed by atoms with Crippen molar-refractivity contribution in [2.24, 2.45) is 0 Å². The van der Waals surface area contributed by atoms with E-state index >= 15 is 0 Å². The van der Waals surface area contributed by atoms with Crippen molar-refractivity contribution in [1.82, 2.24) is 16.2 Å². The first-order chi connectivity index (χ1) is 15.6. The maximum absolute atomic E-state index is 12.7. The number of ether oxygens (including phenoxy) is 1. The second-order valence-electron chi connectivity index (χ2n) is 7.78. The van der Waals surface area contributed by atoms with Crippen molar-refractivity contribution >= 4 is 41.1 Å². The number of carbonyl (C=O) groups is 3. The van der Waals surface area contributed by atoms with Crippen LogP contribution in [0.3, 0.4) is 0 Å². The van der Waals surface area contributed by atoms with E-state index in [9.17, 15) is 14.4 Å². The first-order valence-corrected chi connectivity index (χ1v) is 12.3. The van der Waals surface area contributed by atoms with Gasteiger partial charge in [0.25, 0.3) is 17.7 Å². The van der Waals surface area contributed by atoms with Crippen LogP contribution in [0.25, 0.3) is 0 Å². The quantitative estimate of drug-likeness (QED) is 0.464. The number of benzene rings is 2. The Morgan fingerprint density at radius 1 is 1.03 bits per heavy atom. The molecule has 33 heavy (non-hydrogen) atoms. The van der Waals surface area contributed by atoms with Crippen molar-refractivity contribution in [3.63, 3.8) is 0 Å². The Morgan fingerprint density at radius 2 is 1.67 bits per heavy atom. The van der Waals surface area contributed by atoms with E-state index in [-0.39, 0.29) is 5.91 Å². The number of aryl methyl sites for hydroxylation is 3. The van der Waals surface area contributed by atoms with Crippen molar-refractivity contribution in [3.8, 4) is 5.75 Å². The van der Waals surface area contributed by atoms with Gasteiger partial charge in [0.2, 0.25) is 0 Å². The summed E-state index contributed by atoms with van der Waals surface area (Å²) in [7, 11) is 0. The van der Waals surface area contributed by atoms with Gasteiger partial charge in [0.1, 0.15) is 11.8 Å². The van der Waals surface area contributed by atoms with Crippen LogP contribution in [0.2, 0.25) is 5.02 Å². The molecule has 0 saturated carbocycles. The Labute approximate surface area is 204 Å². The predicted molar refractivity (Wildman–Crippen MR) is 133 cm³/mol. The SMILES string of the molecule is CSCCC(NC(=O)c1cccc(C)c1)C(=O)NNC(=O)C(C)Oc1c(C)cc(Cl)cc1C. The van der Waals surface area contributed by atoms with Crippen LogP contribution < -0.4 is 20.9 Å². The van der Waals surface area contributed by atoms with Gasteiger partial charge in [0, 0.05) is 10.6 Å². The molecule has 3 N–H and O–H groups in total. The third-order valence-corrected chi connectivity index (χ3v) is 5.77. The Hall–Kier alpha value is -2.71. The van der Waals surface area contributed by atoms with Crippen LogP contribution in [0.5, 0.6) is 5.75 Å². The van der Waals surface area contributed by atoms with Crippen LogP contribution in [-0.4, -0.2) is 41.9 Å². The molecule has 3 amide bonds. The van der Waals surface area contributed by atoms with Gasteiger partial charge >= 0.3 is 0 Å². The van der Waals surface area contributed by atoms with Gasteiger partial charge < -0.3 is 10.1 Å². The summed E-state index contributed by atoms with van der Waals surface area (Å²) in [6, 6.07) is 9.82. The number of hydrogen-bond acceptors (Lipinski definition) is 5. The molecule has 0 aliphatic carbocycles. The summed E-state index contributed by atoms with van der Waals surface area (Å²) in [5, 5.41) is 3.34. The zero-order valence-electron chi connectivity index (χ0n) is 19.5. The smallest absolute Gasteiger partial charge is 0.279 e. The van der Waals surface area contributed by atoms with Crippen LogP contribution in [-0.2, 0) is 9.59 Å².